The molecule has 1 N–H and O–H groups in total. The molecule has 8 heteroatoms. The van der Waals surface area contributed by atoms with Gasteiger partial charge in [0.05, 0.1) is 10.9 Å². The van der Waals surface area contributed by atoms with Crippen LogP contribution in [-0.2, 0) is 0 Å². The molecule has 24 heavy (non-hydrogen) atoms. The molecule has 0 unspecified atom stereocenters. The van der Waals surface area contributed by atoms with Gasteiger partial charge in [-0.1, -0.05) is 12.1 Å². The molecule has 0 radical (unpaired) electrons. The molecule has 0 saturated carbocycles. The highest BCUT2D eigenvalue weighted by molar-refractivity contribution is 7.13. The van der Waals surface area contributed by atoms with Crippen molar-refractivity contribution < 1.29 is 4.79 Å². The van der Waals surface area contributed by atoms with E-state index in [1.807, 2.05) is 18.2 Å². The fourth-order valence-corrected chi connectivity index (χ4v) is 3.71. The van der Waals surface area contributed by atoms with Gasteiger partial charge in [0, 0.05) is 31.6 Å². The van der Waals surface area contributed by atoms with Crippen molar-refractivity contribution in [3.8, 4) is 6.07 Å². The molecular weight excluding hydrogens is 324 g/mol. The van der Waals surface area contributed by atoms with Gasteiger partial charge in [0.1, 0.15) is 23.1 Å². The second-order valence-electron chi connectivity index (χ2n) is 5.55. The van der Waals surface area contributed by atoms with E-state index < -0.39 is 0 Å². The lowest BCUT2D eigenvalue weighted by atomic mass is 10.2. The molecule has 4 rings (SSSR count). The zero-order chi connectivity index (χ0) is 16.5. The van der Waals surface area contributed by atoms with Crippen LogP contribution in [0.3, 0.4) is 0 Å². The summed E-state index contributed by atoms with van der Waals surface area (Å²) in [7, 11) is 0. The topological polar surface area (TPSA) is 88.9 Å². The van der Waals surface area contributed by atoms with Crippen LogP contribution >= 0.6 is 11.5 Å². The minimum absolute atomic E-state index is 0.174. The Morgan fingerprint density at radius 2 is 2.04 bits per heavy atom. The number of fused-ring (bicyclic) bond motifs is 1. The van der Waals surface area contributed by atoms with Crippen LogP contribution in [0, 0.1) is 11.3 Å². The minimum Gasteiger partial charge on any atom is -0.352 e. The van der Waals surface area contributed by atoms with Crippen LogP contribution < -0.4 is 4.90 Å². The molecule has 1 amide bonds. The molecular formula is C16H14N6OS. The van der Waals surface area contributed by atoms with E-state index in [0.717, 1.165) is 24.3 Å². The first-order valence-corrected chi connectivity index (χ1v) is 8.37. The van der Waals surface area contributed by atoms with Gasteiger partial charge in [0.25, 0.3) is 5.91 Å². The monoisotopic (exact) mass is 338 g/mol. The van der Waals surface area contributed by atoms with Crippen molar-refractivity contribution in [2.75, 3.05) is 31.1 Å². The van der Waals surface area contributed by atoms with Crippen molar-refractivity contribution in [1.29, 1.82) is 5.26 Å². The first kappa shape index (κ1) is 14.7. The number of rotatable bonds is 2. The third-order valence-electron chi connectivity index (χ3n) is 4.20. The highest BCUT2D eigenvalue weighted by Crippen LogP contribution is 2.29. The molecule has 3 heterocycles. The van der Waals surface area contributed by atoms with Gasteiger partial charge in [-0.15, -0.1) is 0 Å². The summed E-state index contributed by atoms with van der Waals surface area (Å²) in [5, 5.41) is 16.6. The number of nitrogens with one attached hydrogen (secondary N) is 1. The van der Waals surface area contributed by atoms with E-state index in [1.165, 1.54) is 22.4 Å². The number of piperazine rings is 1. The quantitative estimate of drug-likeness (QED) is 0.770. The lowest BCUT2D eigenvalue weighted by Crippen LogP contribution is -2.49. The first-order valence-electron chi connectivity index (χ1n) is 7.60. The van der Waals surface area contributed by atoms with Crippen molar-refractivity contribution in [2.24, 2.45) is 0 Å². The number of nitriles is 1. The Bertz CT molecular complexity index is 931. The summed E-state index contributed by atoms with van der Waals surface area (Å²) in [5.74, 6) is 0.814. The molecule has 0 aliphatic carbocycles. The first-order chi connectivity index (χ1) is 11.8. The number of amides is 1. The maximum Gasteiger partial charge on any atom is 0.273 e. The summed E-state index contributed by atoms with van der Waals surface area (Å²) in [6.45, 7) is 2.62. The largest absolute Gasteiger partial charge is 0.352 e. The Hall–Kier alpha value is -2.92. The summed E-state index contributed by atoms with van der Waals surface area (Å²) < 4.78 is 5.74. The van der Waals surface area contributed by atoms with Gasteiger partial charge in [0.2, 0.25) is 0 Å². The summed E-state index contributed by atoms with van der Waals surface area (Å²) in [5.41, 5.74) is 0.554. The minimum atomic E-state index is -0.174. The highest BCUT2D eigenvalue weighted by atomic mass is 32.1. The number of carbonyl (C=O) groups is 1. The van der Waals surface area contributed by atoms with Crippen molar-refractivity contribution in [1.82, 2.24) is 19.5 Å². The smallest absolute Gasteiger partial charge is 0.273 e. The Kier molecular flexibility index (Phi) is 3.63. The summed E-state index contributed by atoms with van der Waals surface area (Å²) in [6, 6.07) is 10.2. The zero-order valence-electron chi connectivity index (χ0n) is 12.8. The maximum atomic E-state index is 12.5. The fraction of sp³-hybridized carbons (Fsp3) is 0.250. The molecule has 2 aromatic heterocycles. The number of anilines is 1. The van der Waals surface area contributed by atoms with Gasteiger partial charge in [-0.05, 0) is 23.7 Å². The highest BCUT2D eigenvalue weighted by Gasteiger charge is 2.26. The van der Waals surface area contributed by atoms with E-state index in [9.17, 15) is 4.79 Å². The molecule has 1 aliphatic heterocycles. The third-order valence-corrected chi connectivity index (χ3v) is 5.02. The van der Waals surface area contributed by atoms with E-state index in [2.05, 4.69) is 31.6 Å². The standard InChI is InChI=1S/C16H14N6OS/c17-9-11-10-18-19-14(11)16(23)22-7-5-21(6-8-22)15-12-3-1-2-4-13(12)24-20-15/h1-4,10H,5-8H2,(H,18,19). The molecule has 1 aromatic carbocycles. The summed E-state index contributed by atoms with van der Waals surface area (Å²) in [6.07, 6.45) is 1.38. The lowest BCUT2D eigenvalue weighted by Gasteiger charge is -2.34. The predicted molar refractivity (Wildman–Crippen MR) is 91.0 cm³/mol. The number of hydrogen-bond donors (Lipinski definition) is 1. The van der Waals surface area contributed by atoms with Crippen LogP contribution in [0.5, 0.6) is 0 Å². The van der Waals surface area contributed by atoms with Crippen LogP contribution in [-0.4, -0.2) is 51.6 Å². The van der Waals surface area contributed by atoms with E-state index in [4.69, 9.17) is 5.26 Å². The van der Waals surface area contributed by atoms with Gasteiger partial charge in [-0.2, -0.15) is 14.7 Å². The number of nitrogens with zero attached hydrogens (tertiary/aromatic N) is 5. The van der Waals surface area contributed by atoms with Gasteiger partial charge >= 0.3 is 0 Å². The summed E-state index contributed by atoms with van der Waals surface area (Å²) in [4.78, 5) is 16.5. The van der Waals surface area contributed by atoms with Gasteiger partial charge in [-0.25, -0.2) is 0 Å². The average Bonchev–Trinajstić information content (AvgIpc) is 3.28. The van der Waals surface area contributed by atoms with Crippen LogP contribution in [0.15, 0.2) is 30.5 Å². The van der Waals surface area contributed by atoms with E-state index in [-0.39, 0.29) is 17.2 Å². The molecule has 0 atom stereocenters. The molecule has 120 valence electrons. The van der Waals surface area contributed by atoms with Crippen molar-refractivity contribution in [3.05, 3.63) is 41.7 Å². The van der Waals surface area contributed by atoms with Crippen molar-refractivity contribution >= 4 is 33.3 Å². The molecule has 0 bridgehead atoms. The number of benzene rings is 1. The second kappa shape index (κ2) is 5.94. The van der Waals surface area contributed by atoms with Gasteiger partial charge in [-0.3, -0.25) is 9.89 Å². The number of H-pyrrole nitrogens is 1. The van der Waals surface area contributed by atoms with Crippen molar-refractivity contribution in [3.63, 3.8) is 0 Å². The number of aromatic amines is 1. The average molecular weight is 338 g/mol. The summed E-state index contributed by atoms with van der Waals surface area (Å²) >= 11 is 1.50. The normalized spacial score (nSPS) is 14.8. The molecule has 1 fully saturated rings. The van der Waals surface area contributed by atoms with Crippen LogP contribution in [0.4, 0.5) is 5.82 Å². The predicted octanol–water partition coefficient (Wildman–Crippen LogP) is 1.85. The zero-order valence-corrected chi connectivity index (χ0v) is 13.6. The second-order valence-corrected chi connectivity index (χ2v) is 6.36. The maximum absolute atomic E-state index is 12.5. The number of hydrogen-bond acceptors (Lipinski definition) is 6. The Morgan fingerprint density at radius 1 is 1.25 bits per heavy atom. The van der Waals surface area contributed by atoms with Crippen LogP contribution in [0.2, 0.25) is 0 Å². The van der Waals surface area contributed by atoms with Crippen LogP contribution in [0.25, 0.3) is 10.1 Å². The Labute approximate surface area is 142 Å². The Balaban J connectivity index is 1.49. The van der Waals surface area contributed by atoms with Crippen LogP contribution in [0.1, 0.15) is 16.1 Å². The molecule has 7 nitrogen and oxygen atoms in total. The lowest BCUT2D eigenvalue weighted by molar-refractivity contribution is 0.0740. The fourth-order valence-electron chi connectivity index (χ4n) is 2.91. The van der Waals surface area contributed by atoms with E-state index in [0.29, 0.717) is 13.1 Å². The Morgan fingerprint density at radius 3 is 2.83 bits per heavy atom. The number of carbonyl (C=O) groups excluding carboxylic acids is 1. The SMILES string of the molecule is N#Cc1cn[nH]c1C(=O)N1CCN(c2nsc3ccccc23)CC1. The van der Waals surface area contributed by atoms with Gasteiger partial charge < -0.3 is 9.80 Å². The molecule has 0 spiro atoms. The third kappa shape index (κ3) is 2.39. The van der Waals surface area contributed by atoms with Crippen molar-refractivity contribution in [2.45, 2.75) is 0 Å². The number of aromatic nitrogens is 3. The van der Waals surface area contributed by atoms with E-state index in [1.54, 1.807) is 4.90 Å². The van der Waals surface area contributed by atoms with Gasteiger partial charge in [0.15, 0.2) is 0 Å². The van der Waals surface area contributed by atoms with E-state index >= 15 is 0 Å². The molecule has 3 aromatic rings. The molecule has 1 aliphatic rings. The molecule has 1 saturated heterocycles.